The number of ether oxygens (including phenoxy) is 3. The number of urea groups is 1. The van der Waals surface area contributed by atoms with E-state index < -0.39 is 70.1 Å². The van der Waals surface area contributed by atoms with Gasteiger partial charge in [0.05, 0.1) is 18.1 Å². The maximum atomic E-state index is 14.7. The van der Waals surface area contributed by atoms with Crippen LogP contribution in [0.5, 0.6) is 17.4 Å². The van der Waals surface area contributed by atoms with Crippen molar-refractivity contribution in [2.75, 3.05) is 18.1 Å². The Hall–Kier alpha value is -3.45. The standard InChI is InChI=1S/C20H13Cl2F4N3O6/c1-2-33-14(31)8-34-18-11(4-3-5-27-18)35-17-9(21)6-10(23)16(15(17)22)29-13(30)7-12(20(24,25)26)28-19(29)32/h3-6H,2,7-8H2,1H3. The number of benzene rings is 1. The van der Waals surface area contributed by atoms with Crippen molar-refractivity contribution in [1.82, 2.24) is 4.98 Å². The van der Waals surface area contributed by atoms with Crippen molar-refractivity contribution in [2.45, 2.75) is 19.5 Å². The number of aliphatic imine (C=N–C) groups is 1. The van der Waals surface area contributed by atoms with E-state index in [9.17, 15) is 31.9 Å². The lowest BCUT2D eigenvalue weighted by molar-refractivity contribution is -0.145. The monoisotopic (exact) mass is 537 g/mol. The molecule has 1 aliphatic heterocycles. The zero-order valence-electron chi connectivity index (χ0n) is 17.5. The molecule has 1 aliphatic rings. The molecule has 186 valence electrons. The molecule has 9 nitrogen and oxygen atoms in total. The SMILES string of the molecule is CCOC(=O)COc1ncccc1Oc1c(Cl)cc(F)c(N2C(=O)CC(C(F)(F)F)=NC2=O)c1Cl. The minimum Gasteiger partial charge on any atom is -0.463 e. The molecule has 0 bridgehead atoms. The zero-order valence-corrected chi connectivity index (χ0v) is 19.0. The highest BCUT2D eigenvalue weighted by atomic mass is 35.5. The fraction of sp³-hybridized carbons (Fsp3) is 0.250. The van der Waals surface area contributed by atoms with Gasteiger partial charge in [-0.05, 0) is 25.1 Å². The minimum atomic E-state index is -5.03. The number of carbonyl (C=O) groups is 3. The van der Waals surface area contributed by atoms with E-state index in [1.807, 2.05) is 0 Å². The van der Waals surface area contributed by atoms with Crippen LogP contribution in [0.3, 0.4) is 0 Å². The number of anilines is 1. The Labute approximate surface area is 204 Å². The molecule has 0 aliphatic carbocycles. The third-order valence-corrected chi connectivity index (χ3v) is 4.86. The van der Waals surface area contributed by atoms with E-state index >= 15 is 0 Å². The van der Waals surface area contributed by atoms with Crippen LogP contribution in [0.2, 0.25) is 10.0 Å². The van der Waals surface area contributed by atoms with Gasteiger partial charge in [-0.3, -0.25) is 4.79 Å². The molecule has 35 heavy (non-hydrogen) atoms. The fourth-order valence-corrected chi connectivity index (χ4v) is 3.37. The fourth-order valence-electron chi connectivity index (χ4n) is 2.78. The molecule has 2 aromatic rings. The van der Waals surface area contributed by atoms with Gasteiger partial charge in [0.1, 0.15) is 16.4 Å². The molecule has 0 saturated carbocycles. The van der Waals surface area contributed by atoms with Crippen LogP contribution in [0.25, 0.3) is 0 Å². The van der Waals surface area contributed by atoms with Crippen molar-refractivity contribution in [1.29, 1.82) is 0 Å². The minimum absolute atomic E-state index is 0.0531. The predicted octanol–water partition coefficient (Wildman–Crippen LogP) is 5.12. The predicted molar refractivity (Wildman–Crippen MR) is 114 cm³/mol. The first-order chi connectivity index (χ1) is 16.4. The second-order valence-corrected chi connectivity index (χ2v) is 7.36. The molecule has 0 spiro atoms. The van der Waals surface area contributed by atoms with Crippen molar-refractivity contribution >= 4 is 52.5 Å². The van der Waals surface area contributed by atoms with E-state index in [4.69, 9.17) is 37.4 Å². The summed E-state index contributed by atoms with van der Waals surface area (Å²) >= 11 is 12.2. The van der Waals surface area contributed by atoms with Crippen LogP contribution in [-0.4, -0.2) is 48.0 Å². The molecule has 0 radical (unpaired) electrons. The number of nitrogens with zero attached hydrogens (tertiary/aromatic N) is 3. The molecule has 3 amide bonds. The first-order valence-corrected chi connectivity index (χ1v) is 10.3. The Kier molecular flexibility index (Phi) is 7.80. The summed E-state index contributed by atoms with van der Waals surface area (Å²) in [6.07, 6.45) is -5.06. The summed E-state index contributed by atoms with van der Waals surface area (Å²) in [4.78, 5) is 42.9. The molecule has 0 fully saturated rings. The molecule has 2 heterocycles. The van der Waals surface area contributed by atoms with Crippen LogP contribution >= 0.6 is 23.2 Å². The largest absolute Gasteiger partial charge is 0.463 e. The van der Waals surface area contributed by atoms with E-state index in [2.05, 4.69) is 9.98 Å². The Bertz CT molecular complexity index is 1220. The van der Waals surface area contributed by atoms with Gasteiger partial charge in [-0.15, -0.1) is 0 Å². The first kappa shape index (κ1) is 26.2. The van der Waals surface area contributed by atoms with Gasteiger partial charge in [0.2, 0.25) is 5.91 Å². The Balaban J connectivity index is 1.98. The average Bonchev–Trinajstić information content (AvgIpc) is 2.77. The maximum absolute atomic E-state index is 14.7. The summed E-state index contributed by atoms with van der Waals surface area (Å²) in [6, 6.07) is 1.66. The van der Waals surface area contributed by atoms with Gasteiger partial charge in [0.15, 0.2) is 23.9 Å². The lowest BCUT2D eigenvalue weighted by atomic mass is 10.1. The van der Waals surface area contributed by atoms with Crippen LogP contribution in [0.15, 0.2) is 29.4 Å². The number of amides is 3. The summed E-state index contributed by atoms with van der Waals surface area (Å²) in [5.74, 6) is -4.29. The quantitative estimate of drug-likeness (QED) is 0.356. The van der Waals surface area contributed by atoms with E-state index in [1.165, 1.54) is 18.3 Å². The normalized spacial score (nSPS) is 14.0. The number of halogens is 6. The molecule has 3 rings (SSSR count). The third-order valence-electron chi connectivity index (χ3n) is 4.22. The molecule has 0 unspecified atom stereocenters. The molecule has 0 N–H and O–H groups in total. The lowest BCUT2D eigenvalue weighted by Gasteiger charge is -2.26. The molecule has 1 aromatic carbocycles. The Morgan fingerprint density at radius 3 is 2.60 bits per heavy atom. The van der Waals surface area contributed by atoms with Crippen molar-refractivity contribution in [2.24, 2.45) is 4.99 Å². The highest BCUT2D eigenvalue weighted by molar-refractivity contribution is 6.41. The van der Waals surface area contributed by atoms with Crippen molar-refractivity contribution in [3.63, 3.8) is 0 Å². The number of rotatable bonds is 7. The number of alkyl halides is 3. The molecule has 0 saturated heterocycles. The van der Waals surface area contributed by atoms with E-state index in [-0.39, 0.29) is 23.1 Å². The van der Waals surface area contributed by atoms with Gasteiger partial charge in [0.25, 0.3) is 5.88 Å². The molecule has 15 heteroatoms. The van der Waals surface area contributed by atoms with Gasteiger partial charge in [-0.1, -0.05) is 23.2 Å². The van der Waals surface area contributed by atoms with Crippen molar-refractivity contribution in [3.8, 4) is 17.4 Å². The molecule has 1 aromatic heterocycles. The van der Waals surface area contributed by atoms with Crippen LogP contribution in [0.1, 0.15) is 13.3 Å². The molecular formula is C20H13Cl2F4N3O6. The number of aromatic nitrogens is 1. The molecule has 0 atom stereocenters. The highest BCUT2D eigenvalue weighted by Crippen LogP contribution is 2.46. The van der Waals surface area contributed by atoms with Crippen molar-refractivity contribution in [3.05, 3.63) is 40.3 Å². The van der Waals surface area contributed by atoms with Gasteiger partial charge in [-0.2, -0.15) is 18.2 Å². The second-order valence-electron chi connectivity index (χ2n) is 6.58. The average molecular weight is 538 g/mol. The zero-order chi connectivity index (χ0) is 25.9. The number of hydrogen-bond donors (Lipinski definition) is 0. The van der Waals surface area contributed by atoms with Gasteiger partial charge in [0, 0.05) is 6.20 Å². The number of esters is 1. The van der Waals surface area contributed by atoms with Gasteiger partial charge in [-0.25, -0.2) is 23.9 Å². The van der Waals surface area contributed by atoms with E-state index in [0.717, 1.165) is 0 Å². The number of carbonyl (C=O) groups excluding carboxylic acids is 3. The van der Waals surface area contributed by atoms with Crippen LogP contribution in [-0.2, 0) is 14.3 Å². The highest BCUT2D eigenvalue weighted by Gasteiger charge is 2.44. The van der Waals surface area contributed by atoms with E-state index in [0.29, 0.717) is 6.07 Å². The van der Waals surface area contributed by atoms with Gasteiger partial charge < -0.3 is 14.2 Å². The first-order valence-electron chi connectivity index (χ1n) is 9.54. The Morgan fingerprint density at radius 1 is 1.26 bits per heavy atom. The number of pyridine rings is 1. The summed E-state index contributed by atoms with van der Waals surface area (Å²) in [6.45, 7) is 1.17. The topological polar surface area (TPSA) is 107 Å². The summed E-state index contributed by atoms with van der Waals surface area (Å²) < 4.78 is 68.9. The van der Waals surface area contributed by atoms with Gasteiger partial charge >= 0.3 is 18.2 Å². The number of hydrogen-bond acceptors (Lipinski definition) is 7. The van der Waals surface area contributed by atoms with E-state index in [1.54, 1.807) is 6.92 Å². The molecular weight excluding hydrogens is 525 g/mol. The Morgan fingerprint density at radius 2 is 1.97 bits per heavy atom. The summed E-state index contributed by atoms with van der Waals surface area (Å²) in [7, 11) is 0. The number of imide groups is 1. The summed E-state index contributed by atoms with van der Waals surface area (Å²) in [5.41, 5.74) is -2.55. The second kappa shape index (κ2) is 10.4. The van der Waals surface area contributed by atoms with Crippen LogP contribution in [0, 0.1) is 5.82 Å². The van der Waals surface area contributed by atoms with Crippen molar-refractivity contribution < 1.29 is 46.2 Å². The summed E-state index contributed by atoms with van der Waals surface area (Å²) in [5, 5.41) is -1.14. The van der Waals surface area contributed by atoms with Crippen LogP contribution < -0.4 is 14.4 Å². The maximum Gasteiger partial charge on any atom is 0.430 e. The lowest BCUT2D eigenvalue weighted by Crippen LogP contribution is -2.44. The smallest absolute Gasteiger partial charge is 0.430 e. The van der Waals surface area contributed by atoms with Crippen LogP contribution in [0.4, 0.5) is 28.0 Å². The third kappa shape index (κ3) is 5.80.